The molecule has 0 saturated carbocycles. The molecular formula is C14H17NO4S2. The van der Waals surface area contributed by atoms with Gasteiger partial charge in [0.15, 0.2) is 0 Å². The molecule has 5 nitrogen and oxygen atoms in total. The first-order valence-electron chi connectivity index (χ1n) is 6.50. The van der Waals surface area contributed by atoms with Crippen molar-refractivity contribution in [3.05, 3.63) is 29.3 Å². The average Bonchev–Trinajstić information content (AvgIpc) is 2.46. The highest BCUT2D eigenvalue weighted by atomic mass is 32.2. The van der Waals surface area contributed by atoms with E-state index < -0.39 is 20.8 Å². The Morgan fingerprint density at radius 2 is 2.00 bits per heavy atom. The number of benzene rings is 1. The van der Waals surface area contributed by atoms with Gasteiger partial charge in [-0.3, -0.25) is 4.21 Å². The monoisotopic (exact) mass is 327 g/mol. The summed E-state index contributed by atoms with van der Waals surface area (Å²) in [5.41, 5.74) is 1.20. The number of hydrogen-bond donors (Lipinski definition) is 1. The highest BCUT2D eigenvalue weighted by Gasteiger charge is 2.29. The second-order valence-electron chi connectivity index (χ2n) is 4.69. The summed E-state index contributed by atoms with van der Waals surface area (Å²) in [5, 5.41) is 8.71. The van der Waals surface area contributed by atoms with Crippen LogP contribution in [0.5, 0.6) is 0 Å². The fourth-order valence-electron chi connectivity index (χ4n) is 2.10. The van der Waals surface area contributed by atoms with E-state index in [-0.39, 0.29) is 24.6 Å². The quantitative estimate of drug-likeness (QED) is 0.782. The third-order valence-corrected chi connectivity index (χ3v) is 6.57. The van der Waals surface area contributed by atoms with Gasteiger partial charge in [-0.05, 0) is 24.6 Å². The molecule has 0 unspecified atom stereocenters. The van der Waals surface area contributed by atoms with Gasteiger partial charge < -0.3 is 5.11 Å². The fourth-order valence-corrected chi connectivity index (χ4v) is 5.07. The van der Waals surface area contributed by atoms with Gasteiger partial charge in [-0.15, -0.1) is 0 Å². The second-order valence-corrected chi connectivity index (χ2v) is 8.29. The summed E-state index contributed by atoms with van der Waals surface area (Å²) >= 11 is 0. The maximum Gasteiger partial charge on any atom is 0.243 e. The van der Waals surface area contributed by atoms with E-state index in [9.17, 15) is 12.6 Å². The van der Waals surface area contributed by atoms with Crippen LogP contribution in [-0.4, -0.2) is 53.2 Å². The van der Waals surface area contributed by atoms with Gasteiger partial charge in [0.2, 0.25) is 10.0 Å². The molecule has 1 aliphatic heterocycles. The Bertz CT molecular complexity index is 706. The SMILES string of the molecule is Cc1ccc(C#CCO)cc1S(=O)(=O)N1CCS(=O)CC1. The lowest BCUT2D eigenvalue weighted by molar-refractivity contribution is 0.350. The van der Waals surface area contributed by atoms with Crippen molar-refractivity contribution in [2.75, 3.05) is 31.2 Å². The van der Waals surface area contributed by atoms with E-state index in [0.29, 0.717) is 22.6 Å². The van der Waals surface area contributed by atoms with E-state index in [2.05, 4.69) is 11.8 Å². The van der Waals surface area contributed by atoms with Crippen molar-refractivity contribution in [2.45, 2.75) is 11.8 Å². The van der Waals surface area contributed by atoms with Crippen LogP contribution in [0.2, 0.25) is 0 Å². The number of aryl methyl sites for hydroxylation is 1. The Labute approximate surface area is 127 Å². The van der Waals surface area contributed by atoms with Gasteiger partial charge in [0.05, 0.1) is 4.90 Å². The Kier molecular flexibility index (Phi) is 5.17. The molecule has 2 rings (SSSR count). The Hall–Kier alpha value is -1.20. The first kappa shape index (κ1) is 16.2. The van der Waals surface area contributed by atoms with Crippen molar-refractivity contribution in [2.24, 2.45) is 0 Å². The largest absolute Gasteiger partial charge is 0.384 e. The van der Waals surface area contributed by atoms with E-state index in [1.165, 1.54) is 10.4 Å². The van der Waals surface area contributed by atoms with E-state index in [4.69, 9.17) is 5.11 Å². The van der Waals surface area contributed by atoms with Gasteiger partial charge in [-0.25, -0.2) is 8.42 Å². The molecule has 7 heteroatoms. The zero-order chi connectivity index (χ0) is 15.5. The van der Waals surface area contributed by atoms with Crippen LogP contribution >= 0.6 is 0 Å². The summed E-state index contributed by atoms with van der Waals surface area (Å²) in [6.45, 7) is 2.02. The first-order chi connectivity index (χ1) is 9.95. The Morgan fingerprint density at radius 3 is 2.62 bits per heavy atom. The molecule has 0 aromatic heterocycles. The lowest BCUT2D eigenvalue weighted by atomic mass is 10.1. The van der Waals surface area contributed by atoms with Crippen LogP contribution in [0.25, 0.3) is 0 Å². The minimum Gasteiger partial charge on any atom is -0.384 e. The Morgan fingerprint density at radius 1 is 1.33 bits per heavy atom. The van der Waals surface area contributed by atoms with Crippen molar-refractivity contribution >= 4 is 20.8 Å². The topological polar surface area (TPSA) is 74.7 Å². The van der Waals surface area contributed by atoms with Crippen molar-refractivity contribution in [3.8, 4) is 11.8 Å². The normalized spacial score (nSPS) is 17.2. The van der Waals surface area contributed by atoms with E-state index in [0.717, 1.165) is 0 Å². The molecule has 1 N–H and O–H groups in total. The van der Waals surface area contributed by atoms with Gasteiger partial charge in [0.25, 0.3) is 0 Å². The highest BCUT2D eigenvalue weighted by molar-refractivity contribution is 7.89. The van der Waals surface area contributed by atoms with Gasteiger partial charge in [-0.1, -0.05) is 17.9 Å². The number of aliphatic hydroxyl groups excluding tert-OH is 1. The predicted octanol–water partition coefficient (Wildman–Crippen LogP) is 0.0918. The summed E-state index contributed by atoms with van der Waals surface area (Å²) < 4.78 is 38.1. The molecule has 0 radical (unpaired) electrons. The lowest BCUT2D eigenvalue weighted by Gasteiger charge is -2.26. The summed E-state index contributed by atoms with van der Waals surface area (Å²) in [5.74, 6) is 5.97. The molecule has 1 aromatic carbocycles. The molecule has 1 fully saturated rings. The standard InChI is InChI=1S/C14H17NO4S2/c1-12-4-5-13(3-2-8-16)11-14(12)21(18,19)15-6-9-20(17)10-7-15/h4-5,11,16H,6-10H2,1H3. The molecule has 114 valence electrons. The number of sulfonamides is 1. The molecule has 0 spiro atoms. The number of nitrogens with zero attached hydrogens (tertiary/aromatic N) is 1. The van der Waals surface area contributed by atoms with Crippen LogP contribution in [0.15, 0.2) is 23.1 Å². The van der Waals surface area contributed by atoms with Gasteiger partial charge in [0, 0.05) is 41.0 Å². The lowest BCUT2D eigenvalue weighted by Crippen LogP contribution is -2.41. The second kappa shape index (κ2) is 6.71. The van der Waals surface area contributed by atoms with Gasteiger partial charge in [0.1, 0.15) is 6.61 Å². The van der Waals surface area contributed by atoms with Crippen molar-refractivity contribution in [1.82, 2.24) is 4.31 Å². The number of hydrogen-bond acceptors (Lipinski definition) is 4. The maximum atomic E-state index is 12.7. The van der Waals surface area contributed by atoms with Crippen molar-refractivity contribution in [1.29, 1.82) is 0 Å². The van der Waals surface area contributed by atoms with Crippen LogP contribution in [0, 0.1) is 18.8 Å². The molecule has 0 amide bonds. The number of rotatable bonds is 2. The predicted molar refractivity (Wildman–Crippen MR) is 81.8 cm³/mol. The molecule has 0 bridgehead atoms. The molecule has 1 heterocycles. The van der Waals surface area contributed by atoms with Crippen LogP contribution in [-0.2, 0) is 20.8 Å². The fraction of sp³-hybridized carbons (Fsp3) is 0.429. The Balaban J connectivity index is 2.37. The third kappa shape index (κ3) is 3.71. The molecule has 0 atom stereocenters. The van der Waals surface area contributed by atoms with E-state index >= 15 is 0 Å². The van der Waals surface area contributed by atoms with E-state index in [1.54, 1.807) is 19.1 Å². The molecule has 1 aliphatic rings. The molecular weight excluding hydrogens is 310 g/mol. The van der Waals surface area contributed by atoms with Crippen LogP contribution < -0.4 is 0 Å². The van der Waals surface area contributed by atoms with Crippen molar-refractivity contribution < 1.29 is 17.7 Å². The molecule has 1 saturated heterocycles. The van der Waals surface area contributed by atoms with Gasteiger partial charge >= 0.3 is 0 Å². The van der Waals surface area contributed by atoms with Crippen molar-refractivity contribution in [3.63, 3.8) is 0 Å². The summed E-state index contributed by atoms with van der Waals surface area (Å²) in [7, 11) is -4.52. The smallest absolute Gasteiger partial charge is 0.243 e. The van der Waals surface area contributed by atoms with E-state index in [1.807, 2.05) is 0 Å². The molecule has 0 aliphatic carbocycles. The maximum absolute atomic E-state index is 12.7. The summed E-state index contributed by atoms with van der Waals surface area (Å²) in [6.07, 6.45) is 0. The van der Waals surface area contributed by atoms with Crippen LogP contribution in [0.3, 0.4) is 0 Å². The summed E-state index contributed by atoms with van der Waals surface area (Å²) in [4.78, 5) is 0.222. The molecule has 21 heavy (non-hydrogen) atoms. The van der Waals surface area contributed by atoms with Crippen LogP contribution in [0.1, 0.15) is 11.1 Å². The zero-order valence-corrected chi connectivity index (χ0v) is 13.3. The minimum atomic E-state index is -3.60. The highest BCUT2D eigenvalue weighted by Crippen LogP contribution is 2.22. The number of aliphatic hydroxyl groups is 1. The minimum absolute atomic E-state index is 0.222. The zero-order valence-electron chi connectivity index (χ0n) is 11.7. The average molecular weight is 327 g/mol. The first-order valence-corrected chi connectivity index (χ1v) is 9.43. The molecule has 1 aromatic rings. The van der Waals surface area contributed by atoms with Gasteiger partial charge in [-0.2, -0.15) is 4.31 Å². The summed E-state index contributed by atoms with van der Waals surface area (Å²) in [6, 6.07) is 4.96. The third-order valence-electron chi connectivity index (χ3n) is 3.25. The van der Waals surface area contributed by atoms with Crippen LogP contribution in [0.4, 0.5) is 0 Å².